The Morgan fingerprint density at radius 2 is 1.85 bits per heavy atom. The number of methoxy groups -OCH3 is 2. The van der Waals surface area contributed by atoms with Gasteiger partial charge in [-0.15, -0.1) is 0 Å². The molecule has 0 bridgehead atoms. The zero-order valence-electron chi connectivity index (χ0n) is 16.3. The summed E-state index contributed by atoms with van der Waals surface area (Å²) in [5, 5.41) is 3.04. The summed E-state index contributed by atoms with van der Waals surface area (Å²) in [6, 6.07) is 5.86. The molecule has 146 valence electrons. The van der Waals surface area contributed by atoms with Crippen LogP contribution in [0.3, 0.4) is 0 Å². The number of nitrogens with one attached hydrogen (secondary N) is 1. The van der Waals surface area contributed by atoms with Gasteiger partial charge in [-0.1, -0.05) is 6.07 Å². The summed E-state index contributed by atoms with van der Waals surface area (Å²) in [6.07, 6.45) is 1.77. The molecule has 0 radical (unpaired) electrons. The number of carbonyl (C=O) groups is 1. The molecule has 0 atom stereocenters. The zero-order valence-corrected chi connectivity index (χ0v) is 16.3. The molecule has 1 N–H and O–H groups in total. The summed E-state index contributed by atoms with van der Waals surface area (Å²) in [4.78, 5) is 16.8. The van der Waals surface area contributed by atoms with Crippen molar-refractivity contribution in [2.24, 2.45) is 0 Å². The molecule has 7 heteroatoms. The number of urea groups is 1. The predicted molar refractivity (Wildman–Crippen MR) is 101 cm³/mol. The fourth-order valence-electron chi connectivity index (χ4n) is 3.02. The minimum absolute atomic E-state index is 0.0338. The Balaban J connectivity index is 1.99. The van der Waals surface area contributed by atoms with E-state index in [1.807, 2.05) is 37.2 Å². The second-order valence-electron chi connectivity index (χ2n) is 6.69. The highest BCUT2D eigenvalue weighted by Crippen LogP contribution is 2.27. The van der Waals surface area contributed by atoms with Crippen molar-refractivity contribution in [2.45, 2.75) is 25.4 Å². The summed E-state index contributed by atoms with van der Waals surface area (Å²) in [6.45, 7) is 3.41. The van der Waals surface area contributed by atoms with Crippen LogP contribution in [0.15, 0.2) is 18.2 Å². The molecule has 2 rings (SSSR count). The van der Waals surface area contributed by atoms with Gasteiger partial charge in [0.2, 0.25) is 0 Å². The van der Waals surface area contributed by atoms with Crippen LogP contribution in [0.5, 0.6) is 11.5 Å². The number of carbonyl (C=O) groups excluding carboxylic acids is 1. The molecule has 1 aliphatic heterocycles. The van der Waals surface area contributed by atoms with Crippen LogP contribution in [0.1, 0.15) is 18.4 Å². The van der Waals surface area contributed by atoms with Gasteiger partial charge in [-0.25, -0.2) is 4.79 Å². The Morgan fingerprint density at radius 3 is 2.46 bits per heavy atom. The van der Waals surface area contributed by atoms with Crippen molar-refractivity contribution in [3.63, 3.8) is 0 Å². The molecule has 1 fully saturated rings. The predicted octanol–water partition coefficient (Wildman–Crippen LogP) is 1.96. The number of hydrogen-bond donors (Lipinski definition) is 1. The summed E-state index contributed by atoms with van der Waals surface area (Å²) >= 11 is 0. The number of rotatable bonds is 8. The van der Waals surface area contributed by atoms with Crippen molar-refractivity contribution in [3.05, 3.63) is 23.8 Å². The highest BCUT2D eigenvalue weighted by atomic mass is 16.5. The third-order valence-electron chi connectivity index (χ3n) is 4.57. The third-order valence-corrected chi connectivity index (χ3v) is 4.57. The molecular weight excluding hydrogens is 334 g/mol. The Kier molecular flexibility index (Phi) is 8.00. The standard InChI is InChI=1S/C19H31N3O4/c1-21(2)9-10-22(16-7-11-26-12-8-16)19(23)20-14-15-5-6-17(24-3)18(13-15)25-4/h5-6,13,16H,7-12,14H2,1-4H3,(H,20,23). The van der Waals surface area contributed by atoms with Gasteiger partial charge < -0.3 is 29.3 Å². The van der Waals surface area contributed by atoms with Crippen LogP contribution in [-0.4, -0.2) is 76.5 Å². The Bertz CT molecular complexity index is 574. The molecule has 26 heavy (non-hydrogen) atoms. The van der Waals surface area contributed by atoms with Gasteiger partial charge in [0, 0.05) is 38.9 Å². The Labute approximate surface area is 156 Å². The minimum Gasteiger partial charge on any atom is -0.493 e. The van der Waals surface area contributed by atoms with Gasteiger partial charge in [-0.3, -0.25) is 0 Å². The molecule has 0 aromatic heterocycles. The molecule has 0 saturated carbocycles. The van der Waals surface area contributed by atoms with Gasteiger partial charge in [0.25, 0.3) is 0 Å². The fraction of sp³-hybridized carbons (Fsp3) is 0.632. The molecular formula is C19H31N3O4. The SMILES string of the molecule is COc1ccc(CNC(=O)N(CCN(C)C)C2CCOCC2)cc1OC. The lowest BCUT2D eigenvalue weighted by Crippen LogP contribution is -2.50. The topological polar surface area (TPSA) is 63.3 Å². The van der Waals surface area contributed by atoms with Gasteiger partial charge in [0.1, 0.15) is 0 Å². The third kappa shape index (κ3) is 5.78. The molecule has 2 amide bonds. The number of benzene rings is 1. The van der Waals surface area contributed by atoms with Crippen molar-refractivity contribution in [1.82, 2.24) is 15.1 Å². The van der Waals surface area contributed by atoms with E-state index in [0.717, 1.165) is 24.9 Å². The van der Waals surface area contributed by atoms with Crippen molar-refractivity contribution < 1.29 is 19.0 Å². The second kappa shape index (κ2) is 10.2. The highest BCUT2D eigenvalue weighted by molar-refractivity contribution is 5.74. The van der Waals surface area contributed by atoms with E-state index in [1.165, 1.54) is 0 Å². The lowest BCUT2D eigenvalue weighted by molar-refractivity contribution is 0.0443. The molecule has 7 nitrogen and oxygen atoms in total. The lowest BCUT2D eigenvalue weighted by atomic mass is 10.1. The summed E-state index contributed by atoms with van der Waals surface area (Å²) in [5.74, 6) is 1.34. The number of hydrogen-bond acceptors (Lipinski definition) is 5. The molecule has 0 unspecified atom stereocenters. The molecule has 0 spiro atoms. The monoisotopic (exact) mass is 365 g/mol. The largest absolute Gasteiger partial charge is 0.493 e. The van der Waals surface area contributed by atoms with Crippen LogP contribution in [-0.2, 0) is 11.3 Å². The quantitative estimate of drug-likeness (QED) is 0.763. The van der Waals surface area contributed by atoms with Crippen LogP contribution in [0, 0.1) is 0 Å². The number of likely N-dealkylation sites (N-methyl/N-ethyl adjacent to an activating group) is 1. The average Bonchev–Trinajstić information content (AvgIpc) is 2.66. The van der Waals surface area contributed by atoms with Gasteiger partial charge in [-0.05, 0) is 44.6 Å². The van der Waals surface area contributed by atoms with Gasteiger partial charge in [-0.2, -0.15) is 0 Å². The van der Waals surface area contributed by atoms with Crippen molar-refractivity contribution in [1.29, 1.82) is 0 Å². The Morgan fingerprint density at radius 1 is 1.15 bits per heavy atom. The molecule has 1 saturated heterocycles. The maximum atomic E-state index is 12.8. The van der Waals surface area contributed by atoms with Crippen molar-refractivity contribution >= 4 is 6.03 Å². The first-order valence-electron chi connectivity index (χ1n) is 9.03. The first kappa shape index (κ1) is 20.3. The molecule has 1 aliphatic rings. The van der Waals surface area contributed by atoms with E-state index < -0.39 is 0 Å². The molecule has 1 aromatic carbocycles. The lowest BCUT2D eigenvalue weighted by Gasteiger charge is -2.35. The minimum atomic E-state index is -0.0338. The smallest absolute Gasteiger partial charge is 0.317 e. The van der Waals surface area contributed by atoms with Crippen LogP contribution in [0.25, 0.3) is 0 Å². The first-order valence-corrected chi connectivity index (χ1v) is 9.03. The highest BCUT2D eigenvalue weighted by Gasteiger charge is 2.25. The van der Waals surface area contributed by atoms with E-state index in [9.17, 15) is 4.79 Å². The summed E-state index contributed by atoms with van der Waals surface area (Å²) in [5.41, 5.74) is 0.968. The van der Waals surface area contributed by atoms with Gasteiger partial charge in [0.15, 0.2) is 11.5 Å². The summed E-state index contributed by atoms with van der Waals surface area (Å²) < 4.78 is 16.0. The van der Waals surface area contributed by atoms with Gasteiger partial charge in [0.05, 0.1) is 14.2 Å². The van der Waals surface area contributed by atoms with E-state index in [0.29, 0.717) is 37.8 Å². The van der Waals surface area contributed by atoms with Crippen LogP contribution >= 0.6 is 0 Å². The van der Waals surface area contributed by atoms with Gasteiger partial charge >= 0.3 is 6.03 Å². The number of nitrogens with zero attached hydrogens (tertiary/aromatic N) is 2. The maximum Gasteiger partial charge on any atom is 0.317 e. The summed E-state index contributed by atoms with van der Waals surface area (Å²) in [7, 11) is 7.25. The number of amides is 2. The van der Waals surface area contributed by atoms with E-state index in [-0.39, 0.29) is 12.1 Å². The van der Waals surface area contributed by atoms with Crippen LogP contribution in [0.2, 0.25) is 0 Å². The Hall–Kier alpha value is -1.99. The average molecular weight is 365 g/mol. The van der Waals surface area contributed by atoms with Crippen molar-refractivity contribution in [3.8, 4) is 11.5 Å². The van der Waals surface area contributed by atoms with E-state index in [4.69, 9.17) is 14.2 Å². The normalized spacial score (nSPS) is 15.0. The molecule has 0 aliphatic carbocycles. The molecule has 1 aromatic rings. The first-order chi connectivity index (χ1) is 12.5. The van der Waals surface area contributed by atoms with E-state index in [1.54, 1.807) is 14.2 Å². The number of ether oxygens (including phenoxy) is 3. The maximum absolute atomic E-state index is 12.8. The van der Waals surface area contributed by atoms with E-state index in [2.05, 4.69) is 10.2 Å². The molecule has 1 heterocycles. The van der Waals surface area contributed by atoms with Crippen molar-refractivity contribution in [2.75, 3.05) is 54.6 Å². The fourth-order valence-corrected chi connectivity index (χ4v) is 3.02. The van der Waals surface area contributed by atoms with E-state index >= 15 is 0 Å². The van der Waals surface area contributed by atoms with Crippen LogP contribution < -0.4 is 14.8 Å². The second-order valence-corrected chi connectivity index (χ2v) is 6.69. The van der Waals surface area contributed by atoms with Crippen LogP contribution in [0.4, 0.5) is 4.79 Å². The zero-order chi connectivity index (χ0) is 18.9.